The maximum absolute atomic E-state index is 13.3. The van der Waals surface area contributed by atoms with Gasteiger partial charge in [-0.05, 0) is 79.2 Å². The highest BCUT2D eigenvalue weighted by Crippen LogP contribution is 2.25. The molecule has 0 saturated carbocycles. The molecule has 278 valence electrons. The normalized spacial score (nSPS) is 16.6. The molecule has 2 atom stereocenters. The van der Waals surface area contributed by atoms with E-state index in [9.17, 15) is 24.3 Å². The molecule has 7 rings (SSSR count). The number of carbonyl (C=O) groups is 4. The summed E-state index contributed by atoms with van der Waals surface area (Å²) in [5.41, 5.74) is 3.89. The van der Waals surface area contributed by atoms with Crippen LogP contribution in [0.5, 0.6) is 5.75 Å². The fourth-order valence-electron chi connectivity index (χ4n) is 6.90. The van der Waals surface area contributed by atoms with Gasteiger partial charge in [-0.3, -0.25) is 24.4 Å². The predicted molar refractivity (Wildman–Crippen MR) is 201 cm³/mol. The molecule has 0 unspecified atom stereocenters. The molecule has 2 fully saturated rings. The Kier molecular flexibility index (Phi) is 10.8. The minimum Gasteiger partial charge on any atom is -0.508 e. The zero-order valence-electron chi connectivity index (χ0n) is 29.8. The number of hydrogen-bond acceptors (Lipinski definition) is 11. The third-order valence-electron chi connectivity index (χ3n) is 9.90. The quantitative estimate of drug-likeness (QED) is 0.147. The zero-order chi connectivity index (χ0) is 37.6. The number of fused-ring (bicyclic) bond motifs is 1. The number of methoxy groups -OCH3 is 1. The van der Waals surface area contributed by atoms with Crippen molar-refractivity contribution >= 4 is 46.0 Å². The summed E-state index contributed by atoms with van der Waals surface area (Å²) in [6.07, 6.45) is 4.21. The van der Waals surface area contributed by atoms with Crippen LogP contribution in [-0.2, 0) is 25.5 Å². The van der Waals surface area contributed by atoms with Gasteiger partial charge in [0.05, 0.1) is 25.1 Å². The standard InChI is InChI=1S/C39H41N9O6/c1-54-39(53)33(21-25-3-10-30(49)11-4-25)43-38(52)35-31-22-28(7-12-32(31)44-45-35)42-37(51)27-13-16-46(23-27)24-34(50)48-19-17-47(18-20-48)29-8-5-26(6-9-29)36-40-14-2-15-41-36/h2-12,14-15,22,27,33,49H,13,16-21,23-24H2,1H3,(H,42,51)(H,43,52)(H,44,45)/t27-,33+/m1/s1. The van der Waals surface area contributed by atoms with E-state index in [2.05, 4.69) is 47.8 Å². The fourth-order valence-corrected chi connectivity index (χ4v) is 6.90. The van der Waals surface area contributed by atoms with Crippen LogP contribution in [0.25, 0.3) is 22.3 Å². The van der Waals surface area contributed by atoms with Gasteiger partial charge in [0, 0.05) is 73.9 Å². The van der Waals surface area contributed by atoms with Gasteiger partial charge in [-0.25, -0.2) is 14.8 Å². The molecule has 0 radical (unpaired) electrons. The minimum atomic E-state index is -0.997. The number of piperazine rings is 1. The molecule has 54 heavy (non-hydrogen) atoms. The summed E-state index contributed by atoms with van der Waals surface area (Å²) in [5, 5.41) is 22.7. The third-order valence-corrected chi connectivity index (χ3v) is 9.90. The molecule has 0 bridgehead atoms. The van der Waals surface area contributed by atoms with Gasteiger partial charge < -0.3 is 30.3 Å². The molecule has 3 aromatic carbocycles. The number of amides is 3. The van der Waals surface area contributed by atoms with Gasteiger partial charge in [0.2, 0.25) is 11.8 Å². The van der Waals surface area contributed by atoms with E-state index in [0.717, 1.165) is 24.3 Å². The van der Waals surface area contributed by atoms with Crippen molar-refractivity contribution in [2.75, 3.05) is 63.1 Å². The molecule has 5 aromatic rings. The first-order valence-corrected chi connectivity index (χ1v) is 17.8. The number of H-pyrrole nitrogens is 1. The minimum absolute atomic E-state index is 0.0565. The van der Waals surface area contributed by atoms with E-state index >= 15 is 0 Å². The molecular formula is C39H41N9O6. The van der Waals surface area contributed by atoms with Crippen molar-refractivity contribution in [2.24, 2.45) is 5.92 Å². The first kappa shape index (κ1) is 36.0. The van der Waals surface area contributed by atoms with E-state index in [-0.39, 0.29) is 42.1 Å². The van der Waals surface area contributed by atoms with Gasteiger partial charge in [-0.2, -0.15) is 5.10 Å². The van der Waals surface area contributed by atoms with Crippen LogP contribution in [0.2, 0.25) is 0 Å². The lowest BCUT2D eigenvalue weighted by atomic mass is 10.1. The first-order valence-electron chi connectivity index (χ1n) is 17.8. The number of rotatable bonds is 11. The van der Waals surface area contributed by atoms with Crippen LogP contribution in [0.4, 0.5) is 11.4 Å². The Morgan fingerprint density at radius 2 is 1.69 bits per heavy atom. The molecule has 4 heterocycles. The Morgan fingerprint density at radius 1 is 0.944 bits per heavy atom. The van der Waals surface area contributed by atoms with Crippen LogP contribution in [0.15, 0.2) is 85.2 Å². The smallest absolute Gasteiger partial charge is 0.328 e. The number of benzene rings is 3. The third kappa shape index (κ3) is 8.31. The Bertz CT molecular complexity index is 2120. The number of nitrogens with one attached hydrogen (secondary N) is 3. The maximum atomic E-state index is 13.3. The van der Waals surface area contributed by atoms with Crippen molar-refractivity contribution in [3.8, 4) is 17.1 Å². The van der Waals surface area contributed by atoms with Crippen LogP contribution in [0.1, 0.15) is 22.5 Å². The average molecular weight is 732 g/mol. The molecule has 2 aliphatic rings. The van der Waals surface area contributed by atoms with E-state index in [1.54, 1.807) is 48.8 Å². The largest absolute Gasteiger partial charge is 0.508 e. The van der Waals surface area contributed by atoms with Gasteiger partial charge >= 0.3 is 5.97 Å². The van der Waals surface area contributed by atoms with Gasteiger partial charge in [0.1, 0.15) is 11.8 Å². The van der Waals surface area contributed by atoms with Gasteiger partial charge in [-0.1, -0.05) is 12.1 Å². The Balaban J connectivity index is 0.898. The van der Waals surface area contributed by atoms with Crippen molar-refractivity contribution in [3.05, 3.63) is 96.4 Å². The Hall–Kier alpha value is -6.35. The summed E-state index contributed by atoms with van der Waals surface area (Å²) >= 11 is 0. The lowest BCUT2D eigenvalue weighted by Gasteiger charge is -2.36. The number of ether oxygens (including phenoxy) is 1. The molecule has 15 nitrogen and oxygen atoms in total. The number of aromatic amines is 1. The van der Waals surface area contributed by atoms with E-state index in [4.69, 9.17) is 4.74 Å². The second kappa shape index (κ2) is 16.1. The van der Waals surface area contributed by atoms with Crippen molar-refractivity contribution < 1.29 is 29.0 Å². The molecule has 2 saturated heterocycles. The number of anilines is 2. The number of phenols is 1. The number of phenolic OH excluding ortho intramolecular Hbond substituents is 1. The first-order chi connectivity index (χ1) is 26.2. The SMILES string of the molecule is COC(=O)[C@H](Cc1ccc(O)cc1)NC(=O)c1n[nH]c2ccc(NC(=O)[C@@H]3CCN(CC(=O)N4CCN(c5ccc(-c6ncccn6)cc5)CC4)C3)cc12. The highest BCUT2D eigenvalue weighted by atomic mass is 16.5. The monoisotopic (exact) mass is 731 g/mol. The summed E-state index contributed by atoms with van der Waals surface area (Å²) in [6, 6.07) is 20.4. The van der Waals surface area contributed by atoms with Crippen LogP contribution >= 0.6 is 0 Å². The average Bonchev–Trinajstić information content (AvgIpc) is 3.86. The maximum Gasteiger partial charge on any atom is 0.328 e. The second-order valence-electron chi connectivity index (χ2n) is 13.4. The van der Waals surface area contributed by atoms with Crippen LogP contribution in [0, 0.1) is 5.92 Å². The number of carbonyl (C=O) groups excluding carboxylic acids is 4. The van der Waals surface area contributed by atoms with E-state index in [0.29, 0.717) is 60.6 Å². The Labute approximate surface area is 311 Å². The highest BCUT2D eigenvalue weighted by molar-refractivity contribution is 6.07. The summed E-state index contributed by atoms with van der Waals surface area (Å²) < 4.78 is 4.91. The van der Waals surface area contributed by atoms with Gasteiger partial charge in [0.15, 0.2) is 11.5 Å². The molecule has 0 aliphatic carbocycles. The molecule has 0 spiro atoms. The van der Waals surface area contributed by atoms with Crippen molar-refractivity contribution in [3.63, 3.8) is 0 Å². The summed E-state index contributed by atoms with van der Waals surface area (Å²) in [5.74, 6) is -0.866. The van der Waals surface area contributed by atoms with Gasteiger partial charge in [-0.15, -0.1) is 0 Å². The number of nitrogens with zero attached hydrogens (tertiary/aromatic N) is 6. The molecule has 4 N–H and O–H groups in total. The lowest BCUT2D eigenvalue weighted by Crippen LogP contribution is -2.51. The lowest BCUT2D eigenvalue weighted by molar-refractivity contribution is -0.142. The molecule has 2 aliphatic heterocycles. The molecule has 3 amide bonds. The second-order valence-corrected chi connectivity index (χ2v) is 13.4. The number of likely N-dealkylation sites (tertiary alicyclic amines) is 1. The topological polar surface area (TPSA) is 186 Å². The highest BCUT2D eigenvalue weighted by Gasteiger charge is 2.32. The zero-order valence-corrected chi connectivity index (χ0v) is 29.8. The number of esters is 1. The summed E-state index contributed by atoms with van der Waals surface area (Å²) in [6.45, 7) is 4.07. The van der Waals surface area contributed by atoms with Crippen molar-refractivity contribution in [1.29, 1.82) is 0 Å². The molecule has 15 heteroatoms. The number of aromatic hydroxyl groups is 1. The van der Waals surface area contributed by atoms with E-state index < -0.39 is 17.9 Å². The van der Waals surface area contributed by atoms with Crippen LogP contribution < -0.4 is 15.5 Å². The molecule has 2 aromatic heterocycles. The number of aromatic nitrogens is 4. The molecular weight excluding hydrogens is 690 g/mol. The van der Waals surface area contributed by atoms with Crippen molar-refractivity contribution in [1.82, 2.24) is 35.3 Å². The van der Waals surface area contributed by atoms with Crippen LogP contribution in [-0.4, -0.2) is 118 Å². The van der Waals surface area contributed by atoms with E-state index in [1.807, 2.05) is 21.9 Å². The summed E-state index contributed by atoms with van der Waals surface area (Å²) in [4.78, 5) is 67.3. The predicted octanol–water partition coefficient (Wildman–Crippen LogP) is 2.85. The van der Waals surface area contributed by atoms with Crippen LogP contribution in [0.3, 0.4) is 0 Å². The van der Waals surface area contributed by atoms with Crippen molar-refractivity contribution in [2.45, 2.75) is 18.9 Å². The Morgan fingerprint density at radius 3 is 2.41 bits per heavy atom. The van der Waals surface area contributed by atoms with Gasteiger partial charge in [0.25, 0.3) is 5.91 Å². The number of hydrogen-bond donors (Lipinski definition) is 4. The summed E-state index contributed by atoms with van der Waals surface area (Å²) in [7, 11) is 1.24. The van der Waals surface area contributed by atoms with E-state index in [1.165, 1.54) is 19.2 Å². The fraction of sp³-hybridized carbons (Fsp3) is 0.308.